The molecule has 1 aliphatic carbocycles. The minimum atomic E-state index is -3.56. The van der Waals surface area contributed by atoms with Gasteiger partial charge in [-0.1, -0.05) is 29.6 Å². The summed E-state index contributed by atoms with van der Waals surface area (Å²) in [7, 11) is -3.56. The lowest BCUT2D eigenvalue weighted by Crippen LogP contribution is -2.38. The van der Waals surface area contributed by atoms with Crippen LogP contribution in [-0.2, 0) is 10.0 Å². The molecule has 1 heterocycles. The first-order chi connectivity index (χ1) is 9.88. The van der Waals surface area contributed by atoms with Gasteiger partial charge in [-0.25, -0.2) is 8.42 Å². The summed E-state index contributed by atoms with van der Waals surface area (Å²) in [6.07, 6.45) is 3.12. The predicted octanol–water partition coefficient (Wildman–Crippen LogP) is 3.16. The highest BCUT2D eigenvalue weighted by molar-refractivity contribution is 7.89. The molecule has 0 amide bonds. The SMILES string of the molecule is Cl.NC1CCCC2CN(S(=O)(=O)c3cc(Cl)cc(Cl)c3)CC12. The normalized spacial score (nSPS) is 29.0. The Labute approximate surface area is 147 Å². The molecule has 1 saturated carbocycles. The zero-order valence-electron chi connectivity index (χ0n) is 11.9. The van der Waals surface area contributed by atoms with E-state index in [1.807, 2.05) is 0 Å². The molecule has 3 rings (SSSR count). The number of fused-ring (bicyclic) bond motifs is 1. The van der Waals surface area contributed by atoms with E-state index in [0.717, 1.165) is 19.3 Å². The molecule has 2 aliphatic rings. The van der Waals surface area contributed by atoms with Crippen molar-refractivity contribution >= 4 is 45.6 Å². The first-order valence-electron chi connectivity index (χ1n) is 7.10. The van der Waals surface area contributed by atoms with Gasteiger partial charge in [0, 0.05) is 29.2 Å². The number of benzene rings is 1. The summed E-state index contributed by atoms with van der Waals surface area (Å²) >= 11 is 11.8. The molecular weight excluding hydrogens is 367 g/mol. The van der Waals surface area contributed by atoms with Gasteiger partial charge in [0.1, 0.15) is 0 Å². The highest BCUT2D eigenvalue weighted by atomic mass is 35.5. The van der Waals surface area contributed by atoms with E-state index in [1.165, 1.54) is 22.5 Å². The molecule has 0 radical (unpaired) electrons. The van der Waals surface area contributed by atoms with E-state index in [-0.39, 0.29) is 29.3 Å². The summed E-state index contributed by atoms with van der Waals surface area (Å²) in [5, 5.41) is 0.656. The minimum absolute atomic E-state index is 0. The van der Waals surface area contributed by atoms with Crippen molar-refractivity contribution in [2.75, 3.05) is 13.1 Å². The Morgan fingerprint density at radius 2 is 1.73 bits per heavy atom. The van der Waals surface area contributed by atoms with E-state index in [2.05, 4.69) is 0 Å². The third-order valence-electron chi connectivity index (χ3n) is 4.59. The van der Waals surface area contributed by atoms with E-state index in [0.29, 0.717) is 29.1 Å². The van der Waals surface area contributed by atoms with Gasteiger partial charge in [0.15, 0.2) is 0 Å². The second kappa shape index (κ2) is 6.83. The van der Waals surface area contributed by atoms with Crippen molar-refractivity contribution in [2.45, 2.75) is 30.2 Å². The van der Waals surface area contributed by atoms with Gasteiger partial charge in [0.05, 0.1) is 4.90 Å². The summed E-state index contributed by atoms with van der Waals surface area (Å²) in [4.78, 5) is 0.159. The zero-order chi connectivity index (χ0) is 15.2. The highest BCUT2D eigenvalue weighted by Crippen LogP contribution is 2.38. The molecule has 1 aromatic carbocycles. The van der Waals surface area contributed by atoms with E-state index < -0.39 is 10.0 Å². The topological polar surface area (TPSA) is 63.4 Å². The minimum Gasteiger partial charge on any atom is -0.327 e. The van der Waals surface area contributed by atoms with Crippen molar-refractivity contribution < 1.29 is 8.42 Å². The van der Waals surface area contributed by atoms with Crippen LogP contribution in [0, 0.1) is 11.8 Å². The van der Waals surface area contributed by atoms with E-state index in [9.17, 15) is 8.42 Å². The second-order valence-electron chi connectivity index (χ2n) is 5.95. The number of halogens is 3. The fourth-order valence-electron chi connectivity index (χ4n) is 3.50. The van der Waals surface area contributed by atoms with Crippen LogP contribution in [0.2, 0.25) is 10.0 Å². The Kier molecular flexibility index (Phi) is 5.68. The Morgan fingerprint density at radius 1 is 1.09 bits per heavy atom. The third kappa shape index (κ3) is 3.40. The molecule has 1 aliphatic heterocycles. The largest absolute Gasteiger partial charge is 0.327 e. The lowest BCUT2D eigenvalue weighted by Gasteiger charge is -2.29. The summed E-state index contributed by atoms with van der Waals surface area (Å²) in [6, 6.07) is 4.53. The number of sulfonamides is 1. The molecule has 0 spiro atoms. The Morgan fingerprint density at radius 3 is 2.32 bits per heavy atom. The van der Waals surface area contributed by atoms with Gasteiger partial charge in [-0.15, -0.1) is 12.4 Å². The fourth-order valence-corrected chi connectivity index (χ4v) is 5.76. The van der Waals surface area contributed by atoms with E-state index in [1.54, 1.807) is 0 Å². The van der Waals surface area contributed by atoms with Crippen LogP contribution in [0.25, 0.3) is 0 Å². The summed E-state index contributed by atoms with van der Waals surface area (Å²) in [5.41, 5.74) is 6.15. The summed E-state index contributed by atoms with van der Waals surface area (Å²) in [6.45, 7) is 1.04. The van der Waals surface area contributed by atoms with Gasteiger partial charge < -0.3 is 5.73 Å². The summed E-state index contributed by atoms with van der Waals surface area (Å²) in [5.74, 6) is 0.640. The van der Waals surface area contributed by atoms with Crippen LogP contribution in [-0.4, -0.2) is 31.9 Å². The number of nitrogens with two attached hydrogens (primary N) is 1. The Balaban J connectivity index is 0.00000176. The molecule has 3 atom stereocenters. The van der Waals surface area contributed by atoms with Crippen LogP contribution in [0.4, 0.5) is 0 Å². The van der Waals surface area contributed by atoms with Gasteiger partial charge in [-0.2, -0.15) is 4.31 Å². The molecule has 124 valence electrons. The van der Waals surface area contributed by atoms with Gasteiger partial charge >= 0.3 is 0 Å². The molecule has 1 aromatic rings. The van der Waals surface area contributed by atoms with Crippen molar-refractivity contribution in [3.8, 4) is 0 Å². The van der Waals surface area contributed by atoms with Crippen molar-refractivity contribution in [3.05, 3.63) is 28.2 Å². The maximum Gasteiger partial charge on any atom is 0.243 e. The zero-order valence-corrected chi connectivity index (χ0v) is 15.1. The second-order valence-corrected chi connectivity index (χ2v) is 8.76. The molecule has 0 aromatic heterocycles. The van der Waals surface area contributed by atoms with Crippen molar-refractivity contribution in [2.24, 2.45) is 17.6 Å². The predicted molar refractivity (Wildman–Crippen MR) is 91.3 cm³/mol. The van der Waals surface area contributed by atoms with E-state index in [4.69, 9.17) is 28.9 Å². The Bertz CT molecular complexity index is 633. The monoisotopic (exact) mass is 384 g/mol. The lowest BCUT2D eigenvalue weighted by molar-refractivity contribution is 0.260. The fraction of sp³-hybridized carbons (Fsp3) is 0.571. The smallest absolute Gasteiger partial charge is 0.243 e. The molecular formula is C14H19Cl3N2O2S. The van der Waals surface area contributed by atoms with Gasteiger partial charge in [0.2, 0.25) is 10.0 Å². The van der Waals surface area contributed by atoms with Gasteiger partial charge in [0.25, 0.3) is 0 Å². The molecule has 4 nitrogen and oxygen atoms in total. The number of nitrogens with zero attached hydrogens (tertiary/aromatic N) is 1. The van der Waals surface area contributed by atoms with Gasteiger partial charge in [-0.3, -0.25) is 0 Å². The number of hydrogen-bond acceptors (Lipinski definition) is 3. The Hall–Kier alpha value is -0.0400. The van der Waals surface area contributed by atoms with Crippen molar-refractivity contribution in [1.29, 1.82) is 0 Å². The number of rotatable bonds is 2. The molecule has 1 saturated heterocycles. The van der Waals surface area contributed by atoms with Crippen molar-refractivity contribution in [3.63, 3.8) is 0 Å². The van der Waals surface area contributed by atoms with Crippen LogP contribution < -0.4 is 5.73 Å². The molecule has 22 heavy (non-hydrogen) atoms. The molecule has 3 unspecified atom stereocenters. The van der Waals surface area contributed by atoms with Crippen LogP contribution in [0.3, 0.4) is 0 Å². The van der Waals surface area contributed by atoms with Crippen LogP contribution in [0.15, 0.2) is 23.1 Å². The quantitative estimate of drug-likeness (QED) is 0.850. The average molecular weight is 386 g/mol. The average Bonchev–Trinajstić information content (AvgIpc) is 2.83. The molecule has 0 bridgehead atoms. The van der Waals surface area contributed by atoms with Crippen LogP contribution >= 0.6 is 35.6 Å². The maximum atomic E-state index is 12.8. The molecule has 8 heteroatoms. The maximum absolute atomic E-state index is 12.8. The molecule has 2 N–H and O–H groups in total. The third-order valence-corrected chi connectivity index (χ3v) is 6.84. The van der Waals surface area contributed by atoms with E-state index >= 15 is 0 Å². The highest BCUT2D eigenvalue weighted by Gasteiger charge is 2.43. The first-order valence-corrected chi connectivity index (χ1v) is 9.29. The summed E-state index contributed by atoms with van der Waals surface area (Å²) < 4.78 is 27.1. The van der Waals surface area contributed by atoms with Crippen molar-refractivity contribution in [1.82, 2.24) is 4.31 Å². The first kappa shape index (κ1) is 18.3. The lowest BCUT2D eigenvalue weighted by atomic mass is 9.78. The van der Waals surface area contributed by atoms with Crippen LogP contribution in [0.5, 0.6) is 0 Å². The number of hydrogen-bond donors (Lipinski definition) is 1. The van der Waals surface area contributed by atoms with Crippen LogP contribution in [0.1, 0.15) is 19.3 Å². The standard InChI is InChI=1S/C14H18Cl2N2O2S.ClH/c15-10-4-11(16)6-12(5-10)21(19,20)18-7-9-2-1-3-14(17)13(9)8-18;/h4-6,9,13-14H,1-3,7-8,17H2;1H. The van der Waals surface area contributed by atoms with Gasteiger partial charge in [-0.05, 0) is 42.9 Å². The molecule has 2 fully saturated rings.